The second-order valence-corrected chi connectivity index (χ2v) is 5.88. The molecule has 0 saturated heterocycles. The molecule has 3 nitrogen and oxygen atoms in total. The Bertz CT molecular complexity index is 668. The summed E-state index contributed by atoms with van der Waals surface area (Å²) in [6.07, 6.45) is 0. The van der Waals surface area contributed by atoms with Gasteiger partial charge in [0.15, 0.2) is 5.78 Å². The van der Waals surface area contributed by atoms with Gasteiger partial charge in [-0.25, -0.2) is 0 Å². The van der Waals surface area contributed by atoms with E-state index in [2.05, 4.69) is 0 Å². The summed E-state index contributed by atoms with van der Waals surface area (Å²) in [5.41, 5.74) is 9.67. The first kappa shape index (κ1) is 15.4. The van der Waals surface area contributed by atoms with Crippen LogP contribution in [0.4, 0.5) is 5.69 Å². The summed E-state index contributed by atoms with van der Waals surface area (Å²) in [7, 11) is 1.64. The lowest BCUT2D eigenvalue weighted by Crippen LogP contribution is -1.97. The number of ketones is 1. The molecule has 0 unspecified atom stereocenters. The summed E-state index contributed by atoms with van der Waals surface area (Å²) in [4.78, 5) is 12.5. The van der Waals surface area contributed by atoms with E-state index < -0.39 is 0 Å². The first-order chi connectivity index (χ1) is 10.0. The predicted octanol–water partition coefficient (Wildman–Crippen LogP) is 4.08. The average Bonchev–Trinajstić information content (AvgIpc) is 2.48. The number of rotatable bonds is 5. The Morgan fingerprint density at radius 2 is 2.05 bits per heavy atom. The molecule has 2 N–H and O–H groups in total. The number of nitrogens with two attached hydrogens (primary N) is 1. The molecule has 2 aromatic rings. The third-order valence-corrected chi connectivity index (χ3v) is 4.48. The van der Waals surface area contributed by atoms with Crippen LogP contribution in [0.2, 0.25) is 0 Å². The number of carbonyl (C=O) groups is 1. The van der Waals surface area contributed by atoms with Crippen LogP contribution in [0.5, 0.6) is 5.75 Å². The highest BCUT2D eigenvalue weighted by molar-refractivity contribution is 7.98. The molecule has 0 aliphatic rings. The van der Waals surface area contributed by atoms with Crippen molar-refractivity contribution < 1.29 is 9.53 Å². The number of thioether (sulfide) groups is 1. The standard InChI is InChI=1S/C17H19NO2S/c1-11-5-4-6-16(17(11)18)21-10-14-9-13(12(2)19)7-8-15(14)20-3/h4-9H,10,18H2,1-3H3. The van der Waals surface area contributed by atoms with Crippen molar-refractivity contribution in [2.24, 2.45) is 0 Å². The van der Waals surface area contributed by atoms with E-state index in [4.69, 9.17) is 10.5 Å². The van der Waals surface area contributed by atoms with Gasteiger partial charge >= 0.3 is 0 Å². The van der Waals surface area contributed by atoms with Gasteiger partial charge in [0.25, 0.3) is 0 Å². The Balaban J connectivity index is 2.24. The summed E-state index contributed by atoms with van der Waals surface area (Å²) >= 11 is 1.65. The zero-order chi connectivity index (χ0) is 15.4. The molecule has 0 aliphatic heterocycles. The number of nitrogen functional groups attached to an aromatic ring is 1. The van der Waals surface area contributed by atoms with E-state index in [1.807, 2.05) is 37.3 Å². The molecule has 0 spiro atoms. The van der Waals surface area contributed by atoms with E-state index in [9.17, 15) is 4.79 Å². The maximum absolute atomic E-state index is 11.5. The monoisotopic (exact) mass is 301 g/mol. The van der Waals surface area contributed by atoms with Crippen molar-refractivity contribution in [1.82, 2.24) is 0 Å². The minimum atomic E-state index is 0.0546. The quantitative estimate of drug-likeness (QED) is 0.513. The summed E-state index contributed by atoms with van der Waals surface area (Å²) in [6, 6.07) is 11.5. The third kappa shape index (κ3) is 3.58. The fourth-order valence-corrected chi connectivity index (χ4v) is 3.07. The van der Waals surface area contributed by atoms with Crippen LogP contribution in [0.25, 0.3) is 0 Å². The fraction of sp³-hybridized carbons (Fsp3) is 0.235. The van der Waals surface area contributed by atoms with Crippen LogP contribution < -0.4 is 10.5 Å². The van der Waals surface area contributed by atoms with Crippen molar-refractivity contribution in [3.05, 3.63) is 53.1 Å². The Kier molecular flexibility index (Phi) is 4.91. The molecule has 0 atom stereocenters. The van der Waals surface area contributed by atoms with Crippen LogP contribution in [0.3, 0.4) is 0 Å². The average molecular weight is 301 g/mol. The summed E-state index contributed by atoms with van der Waals surface area (Å²) in [6.45, 7) is 3.56. The van der Waals surface area contributed by atoms with Crippen LogP contribution in [0.15, 0.2) is 41.3 Å². The normalized spacial score (nSPS) is 10.4. The van der Waals surface area contributed by atoms with Crippen molar-refractivity contribution in [3.8, 4) is 5.75 Å². The van der Waals surface area contributed by atoms with Crippen LogP contribution in [-0.2, 0) is 5.75 Å². The fourth-order valence-electron chi connectivity index (χ4n) is 2.05. The van der Waals surface area contributed by atoms with Crippen LogP contribution >= 0.6 is 11.8 Å². The van der Waals surface area contributed by atoms with E-state index >= 15 is 0 Å². The van der Waals surface area contributed by atoms with E-state index in [0.717, 1.165) is 27.5 Å². The Morgan fingerprint density at radius 1 is 1.29 bits per heavy atom. The van der Waals surface area contributed by atoms with Crippen molar-refractivity contribution in [3.63, 3.8) is 0 Å². The van der Waals surface area contributed by atoms with E-state index in [-0.39, 0.29) is 5.78 Å². The Morgan fingerprint density at radius 3 is 2.71 bits per heavy atom. The lowest BCUT2D eigenvalue weighted by atomic mass is 10.1. The number of benzene rings is 2. The smallest absolute Gasteiger partial charge is 0.159 e. The van der Waals surface area contributed by atoms with Crippen molar-refractivity contribution in [1.29, 1.82) is 0 Å². The second kappa shape index (κ2) is 6.68. The van der Waals surface area contributed by atoms with Crippen LogP contribution in [-0.4, -0.2) is 12.9 Å². The van der Waals surface area contributed by atoms with E-state index in [1.165, 1.54) is 0 Å². The SMILES string of the molecule is COc1ccc(C(C)=O)cc1CSc1cccc(C)c1N. The van der Waals surface area contributed by atoms with Gasteiger partial charge in [-0.3, -0.25) is 4.79 Å². The maximum Gasteiger partial charge on any atom is 0.159 e. The Labute approximate surface area is 129 Å². The molecule has 2 aromatic carbocycles. The first-order valence-electron chi connectivity index (χ1n) is 6.68. The number of anilines is 1. The molecule has 4 heteroatoms. The molecule has 21 heavy (non-hydrogen) atoms. The van der Waals surface area contributed by atoms with Gasteiger partial charge < -0.3 is 10.5 Å². The number of aryl methyl sites for hydroxylation is 1. The van der Waals surface area contributed by atoms with Gasteiger partial charge in [-0.05, 0) is 43.7 Å². The molecular formula is C17H19NO2S. The van der Waals surface area contributed by atoms with Gasteiger partial charge in [-0.2, -0.15) is 0 Å². The summed E-state index contributed by atoms with van der Waals surface area (Å²) < 4.78 is 5.37. The van der Waals surface area contributed by atoms with Crippen LogP contribution in [0.1, 0.15) is 28.4 Å². The highest BCUT2D eigenvalue weighted by Gasteiger charge is 2.09. The van der Waals surface area contributed by atoms with Gasteiger partial charge in [-0.15, -0.1) is 11.8 Å². The number of methoxy groups -OCH3 is 1. The lowest BCUT2D eigenvalue weighted by Gasteiger charge is -2.11. The number of hydrogen-bond donors (Lipinski definition) is 1. The molecule has 0 saturated carbocycles. The number of carbonyl (C=O) groups excluding carboxylic acids is 1. The first-order valence-corrected chi connectivity index (χ1v) is 7.67. The molecule has 110 valence electrons. The molecule has 0 fully saturated rings. The number of ether oxygens (including phenoxy) is 1. The third-order valence-electron chi connectivity index (χ3n) is 3.35. The zero-order valence-corrected chi connectivity index (χ0v) is 13.3. The number of Topliss-reactive ketones (excluding diaryl/α,β-unsaturated/α-hetero) is 1. The second-order valence-electron chi connectivity index (χ2n) is 4.86. The van der Waals surface area contributed by atoms with Gasteiger partial charge in [0.1, 0.15) is 5.75 Å². The molecule has 0 radical (unpaired) electrons. The highest BCUT2D eigenvalue weighted by Crippen LogP contribution is 2.33. The van der Waals surface area contributed by atoms with E-state index in [0.29, 0.717) is 11.3 Å². The maximum atomic E-state index is 11.5. The van der Waals surface area contributed by atoms with Gasteiger partial charge in [0.2, 0.25) is 0 Å². The summed E-state index contributed by atoms with van der Waals surface area (Å²) in [5, 5.41) is 0. The van der Waals surface area contributed by atoms with Gasteiger partial charge in [0, 0.05) is 27.5 Å². The number of para-hydroxylation sites is 1. The predicted molar refractivity (Wildman–Crippen MR) is 88.2 cm³/mol. The zero-order valence-electron chi connectivity index (χ0n) is 12.5. The minimum absolute atomic E-state index is 0.0546. The molecule has 0 bridgehead atoms. The van der Waals surface area contributed by atoms with Crippen molar-refractivity contribution in [2.45, 2.75) is 24.5 Å². The molecule has 0 heterocycles. The Hall–Kier alpha value is -1.94. The van der Waals surface area contributed by atoms with Crippen molar-refractivity contribution >= 4 is 23.2 Å². The van der Waals surface area contributed by atoms with Crippen LogP contribution in [0, 0.1) is 6.92 Å². The minimum Gasteiger partial charge on any atom is -0.496 e. The lowest BCUT2D eigenvalue weighted by molar-refractivity contribution is 0.101. The molecule has 0 amide bonds. The molecular weight excluding hydrogens is 282 g/mol. The van der Waals surface area contributed by atoms with E-state index in [1.54, 1.807) is 31.9 Å². The van der Waals surface area contributed by atoms with Crippen molar-refractivity contribution in [2.75, 3.05) is 12.8 Å². The largest absolute Gasteiger partial charge is 0.496 e. The topological polar surface area (TPSA) is 52.3 Å². The molecule has 0 aromatic heterocycles. The highest BCUT2D eigenvalue weighted by atomic mass is 32.2. The number of hydrogen-bond acceptors (Lipinski definition) is 4. The van der Waals surface area contributed by atoms with Gasteiger partial charge in [-0.1, -0.05) is 12.1 Å². The van der Waals surface area contributed by atoms with Gasteiger partial charge in [0.05, 0.1) is 7.11 Å². The summed E-state index contributed by atoms with van der Waals surface area (Å²) in [5.74, 6) is 1.55. The molecule has 0 aliphatic carbocycles. The molecule has 2 rings (SSSR count).